The van der Waals surface area contributed by atoms with Crippen molar-refractivity contribution in [3.8, 4) is 0 Å². The highest BCUT2D eigenvalue weighted by molar-refractivity contribution is 5.92. The number of fused-ring (bicyclic) bond motifs is 1. The fourth-order valence-electron chi connectivity index (χ4n) is 4.47. The topological polar surface area (TPSA) is 52.2 Å². The van der Waals surface area contributed by atoms with E-state index in [2.05, 4.69) is 39.4 Å². The van der Waals surface area contributed by atoms with Crippen LogP contribution >= 0.6 is 0 Å². The van der Waals surface area contributed by atoms with Gasteiger partial charge in [0.1, 0.15) is 5.69 Å². The van der Waals surface area contributed by atoms with Crippen molar-refractivity contribution in [2.75, 3.05) is 19.6 Å². The predicted octanol–water partition coefficient (Wildman–Crippen LogP) is 2.95. The minimum atomic E-state index is 0.0931. The van der Waals surface area contributed by atoms with E-state index < -0.39 is 0 Å². The number of hydrogen-bond acceptors (Lipinski definition) is 3. The maximum absolute atomic E-state index is 12.7. The zero-order chi connectivity index (χ0) is 17.5. The Morgan fingerprint density at radius 1 is 1.04 bits per heavy atom. The molecule has 1 N–H and O–H groups in total. The van der Waals surface area contributed by atoms with Gasteiger partial charge in [0.2, 0.25) is 0 Å². The van der Waals surface area contributed by atoms with Gasteiger partial charge in [0.25, 0.3) is 5.91 Å². The molecule has 1 aromatic carbocycles. The standard InChI is InChI=1S/C21H26N4O/c26-21(20-13-19(22-23-20)16-5-6-16)24-11-8-18(9-12-24)25-10-7-15-3-1-2-4-17(15)14-25/h1-4,13,16,18H,5-12,14H2,(H,22,23). The van der Waals surface area contributed by atoms with Gasteiger partial charge >= 0.3 is 0 Å². The average Bonchev–Trinajstić information content (AvgIpc) is 3.44. The van der Waals surface area contributed by atoms with E-state index >= 15 is 0 Å². The van der Waals surface area contributed by atoms with Crippen LogP contribution in [0.2, 0.25) is 0 Å². The van der Waals surface area contributed by atoms with Crippen LogP contribution in [-0.4, -0.2) is 51.6 Å². The minimum absolute atomic E-state index is 0.0931. The molecule has 3 aliphatic rings. The van der Waals surface area contributed by atoms with Crippen molar-refractivity contribution in [3.63, 3.8) is 0 Å². The Labute approximate surface area is 154 Å². The highest BCUT2D eigenvalue weighted by Gasteiger charge is 2.31. The fraction of sp³-hybridized carbons (Fsp3) is 0.524. The SMILES string of the molecule is O=C(c1cc(C2CC2)[nH]n1)N1CCC(N2CCc3ccccc3C2)CC1. The Bertz CT molecular complexity index is 802. The molecule has 1 saturated heterocycles. The average molecular weight is 350 g/mol. The molecular formula is C21H26N4O. The molecule has 1 saturated carbocycles. The van der Waals surface area contributed by atoms with Gasteiger partial charge in [-0.05, 0) is 49.3 Å². The molecule has 136 valence electrons. The number of nitrogens with one attached hydrogen (secondary N) is 1. The lowest BCUT2D eigenvalue weighted by Crippen LogP contribution is -2.48. The van der Waals surface area contributed by atoms with E-state index in [4.69, 9.17) is 0 Å². The molecule has 0 bridgehead atoms. The van der Waals surface area contributed by atoms with Crippen molar-refractivity contribution >= 4 is 5.91 Å². The number of benzene rings is 1. The largest absolute Gasteiger partial charge is 0.337 e. The molecular weight excluding hydrogens is 324 g/mol. The molecule has 0 atom stereocenters. The van der Waals surface area contributed by atoms with E-state index in [1.54, 1.807) is 0 Å². The van der Waals surface area contributed by atoms with Crippen molar-refractivity contribution in [2.45, 2.75) is 50.6 Å². The predicted molar refractivity (Wildman–Crippen MR) is 100 cm³/mol. The van der Waals surface area contributed by atoms with Gasteiger partial charge in [-0.1, -0.05) is 24.3 Å². The Balaban J connectivity index is 1.19. The summed E-state index contributed by atoms with van der Waals surface area (Å²) in [5, 5.41) is 7.31. The van der Waals surface area contributed by atoms with Gasteiger partial charge in [-0.25, -0.2) is 0 Å². The minimum Gasteiger partial charge on any atom is -0.337 e. The van der Waals surface area contributed by atoms with Crippen LogP contribution in [-0.2, 0) is 13.0 Å². The molecule has 3 heterocycles. The summed E-state index contributed by atoms with van der Waals surface area (Å²) in [4.78, 5) is 17.3. The van der Waals surface area contributed by atoms with E-state index in [0.717, 1.165) is 51.1 Å². The maximum atomic E-state index is 12.7. The Hall–Kier alpha value is -2.14. The second-order valence-electron chi connectivity index (χ2n) is 8.00. The third-order valence-corrected chi connectivity index (χ3v) is 6.26. The number of carbonyl (C=O) groups excluding carboxylic acids is 1. The van der Waals surface area contributed by atoms with Crippen molar-refractivity contribution in [1.82, 2.24) is 20.0 Å². The van der Waals surface area contributed by atoms with E-state index in [0.29, 0.717) is 17.7 Å². The van der Waals surface area contributed by atoms with Crippen molar-refractivity contribution in [3.05, 3.63) is 52.8 Å². The molecule has 1 amide bonds. The van der Waals surface area contributed by atoms with E-state index in [9.17, 15) is 4.79 Å². The summed E-state index contributed by atoms with van der Waals surface area (Å²) in [7, 11) is 0. The molecule has 5 rings (SSSR count). The molecule has 2 fully saturated rings. The summed E-state index contributed by atoms with van der Waals surface area (Å²) in [6.07, 6.45) is 5.72. The van der Waals surface area contributed by atoms with Crippen LogP contribution in [0.25, 0.3) is 0 Å². The Morgan fingerprint density at radius 3 is 2.58 bits per heavy atom. The zero-order valence-electron chi connectivity index (χ0n) is 15.2. The quantitative estimate of drug-likeness (QED) is 0.926. The number of likely N-dealkylation sites (tertiary alicyclic amines) is 1. The van der Waals surface area contributed by atoms with Crippen molar-refractivity contribution in [2.24, 2.45) is 0 Å². The van der Waals surface area contributed by atoms with Gasteiger partial charge in [-0.15, -0.1) is 0 Å². The fourth-order valence-corrected chi connectivity index (χ4v) is 4.47. The van der Waals surface area contributed by atoms with Gasteiger partial charge in [0.15, 0.2) is 0 Å². The number of piperidine rings is 1. The number of amides is 1. The molecule has 5 nitrogen and oxygen atoms in total. The second-order valence-corrected chi connectivity index (χ2v) is 8.00. The molecule has 2 aliphatic heterocycles. The molecule has 26 heavy (non-hydrogen) atoms. The molecule has 2 aromatic rings. The first-order valence-electron chi connectivity index (χ1n) is 9.93. The third-order valence-electron chi connectivity index (χ3n) is 6.26. The number of carbonyl (C=O) groups is 1. The van der Waals surface area contributed by atoms with Crippen LogP contribution in [0.4, 0.5) is 0 Å². The number of rotatable bonds is 3. The highest BCUT2D eigenvalue weighted by atomic mass is 16.2. The molecule has 0 radical (unpaired) electrons. The van der Waals surface area contributed by atoms with Gasteiger partial charge < -0.3 is 4.90 Å². The lowest BCUT2D eigenvalue weighted by Gasteiger charge is -2.40. The number of aromatic amines is 1. The summed E-state index contributed by atoms with van der Waals surface area (Å²) in [5.74, 6) is 0.701. The maximum Gasteiger partial charge on any atom is 0.274 e. The second kappa shape index (κ2) is 6.54. The number of nitrogens with zero attached hydrogens (tertiary/aromatic N) is 3. The van der Waals surface area contributed by atoms with Gasteiger partial charge in [0.05, 0.1) is 0 Å². The normalized spacial score (nSPS) is 21.6. The molecule has 1 aromatic heterocycles. The Morgan fingerprint density at radius 2 is 1.81 bits per heavy atom. The summed E-state index contributed by atoms with van der Waals surface area (Å²) >= 11 is 0. The van der Waals surface area contributed by atoms with Crippen LogP contribution in [0, 0.1) is 0 Å². The summed E-state index contributed by atoms with van der Waals surface area (Å²) in [6, 6.07) is 11.4. The summed E-state index contributed by atoms with van der Waals surface area (Å²) in [5.41, 5.74) is 4.70. The molecule has 5 heteroatoms. The van der Waals surface area contributed by atoms with Gasteiger partial charge in [-0.2, -0.15) is 5.10 Å². The number of hydrogen-bond donors (Lipinski definition) is 1. The van der Waals surface area contributed by atoms with Crippen LogP contribution in [0.5, 0.6) is 0 Å². The van der Waals surface area contributed by atoms with Gasteiger partial charge in [-0.3, -0.25) is 14.8 Å². The smallest absolute Gasteiger partial charge is 0.274 e. The van der Waals surface area contributed by atoms with Gasteiger partial charge in [0, 0.05) is 43.8 Å². The lowest BCUT2D eigenvalue weighted by molar-refractivity contribution is 0.0594. The summed E-state index contributed by atoms with van der Waals surface area (Å²) < 4.78 is 0. The van der Waals surface area contributed by atoms with E-state index in [1.165, 1.54) is 24.0 Å². The van der Waals surface area contributed by atoms with Crippen LogP contribution in [0.15, 0.2) is 30.3 Å². The number of H-pyrrole nitrogens is 1. The van der Waals surface area contributed by atoms with Crippen LogP contribution in [0.3, 0.4) is 0 Å². The lowest BCUT2D eigenvalue weighted by atomic mass is 9.95. The van der Waals surface area contributed by atoms with E-state index in [1.807, 2.05) is 11.0 Å². The zero-order valence-corrected chi connectivity index (χ0v) is 15.2. The number of aromatic nitrogens is 2. The van der Waals surface area contributed by atoms with E-state index in [-0.39, 0.29) is 5.91 Å². The first kappa shape index (κ1) is 16.1. The highest BCUT2D eigenvalue weighted by Crippen LogP contribution is 2.39. The van der Waals surface area contributed by atoms with Crippen molar-refractivity contribution < 1.29 is 4.79 Å². The molecule has 0 spiro atoms. The Kier molecular flexibility index (Phi) is 4.04. The van der Waals surface area contributed by atoms with Crippen LogP contribution in [0.1, 0.15) is 58.9 Å². The van der Waals surface area contributed by atoms with Crippen LogP contribution < -0.4 is 0 Å². The monoisotopic (exact) mass is 350 g/mol. The first-order chi connectivity index (χ1) is 12.8. The third kappa shape index (κ3) is 3.05. The molecule has 0 unspecified atom stereocenters. The summed E-state index contributed by atoms with van der Waals surface area (Å²) in [6.45, 7) is 3.87. The van der Waals surface area contributed by atoms with Crippen molar-refractivity contribution in [1.29, 1.82) is 0 Å². The molecule has 1 aliphatic carbocycles. The first-order valence-corrected chi connectivity index (χ1v) is 9.93.